The highest BCUT2D eigenvalue weighted by atomic mass is 32.1. The molecule has 120 valence electrons. The average molecular weight is 327 g/mol. The second-order valence-electron chi connectivity index (χ2n) is 6.68. The molecule has 2 aliphatic rings. The van der Waals surface area contributed by atoms with Crippen molar-refractivity contribution >= 4 is 17.2 Å². The molecule has 1 amide bonds. The second-order valence-corrected chi connectivity index (χ2v) is 7.73. The Balaban J connectivity index is 1.67. The highest BCUT2D eigenvalue weighted by Gasteiger charge is 2.27. The van der Waals surface area contributed by atoms with Crippen molar-refractivity contribution in [2.24, 2.45) is 5.92 Å². The van der Waals surface area contributed by atoms with E-state index in [2.05, 4.69) is 19.9 Å². The summed E-state index contributed by atoms with van der Waals surface area (Å²) in [7, 11) is 0. The number of thiophene rings is 1. The molecule has 4 heteroatoms. The summed E-state index contributed by atoms with van der Waals surface area (Å²) in [6.07, 6.45) is 2.23. The number of likely N-dealkylation sites (tertiary alicyclic amines) is 1. The molecule has 0 saturated carbocycles. The van der Waals surface area contributed by atoms with Gasteiger partial charge in [0.2, 0.25) is 0 Å². The predicted octanol–water partition coefficient (Wildman–Crippen LogP) is 4.49. The van der Waals surface area contributed by atoms with Gasteiger partial charge in [-0.3, -0.25) is 4.79 Å². The van der Waals surface area contributed by atoms with Gasteiger partial charge in [0.25, 0.3) is 5.91 Å². The number of fused-ring (bicyclic) bond motifs is 3. The number of amides is 1. The van der Waals surface area contributed by atoms with E-state index < -0.39 is 0 Å². The maximum atomic E-state index is 12.8. The zero-order valence-corrected chi connectivity index (χ0v) is 14.4. The Morgan fingerprint density at radius 3 is 2.87 bits per heavy atom. The highest BCUT2D eigenvalue weighted by molar-refractivity contribution is 7.17. The van der Waals surface area contributed by atoms with Crippen LogP contribution in [-0.4, -0.2) is 23.9 Å². The lowest BCUT2D eigenvalue weighted by atomic mass is 9.99. The molecule has 3 heterocycles. The summed E-state index contributed by atoms with van der Waals surface area (Å²) < 4.78 is 5.87. The second kappa shape index (κ2) is 5.68. The van der Waals surface area contributed by atoms with Crippen LogP contribution in [0, 0.1) is 12.8 Å². The first-order valence-electron chi connectivity index (χ1n) is 8.28. The average Bonchev–Trinajstić information content (AvgIpc) is 2.99. The summed E-state index contributed by atoms with van der Waals surface area (Å²) in [5.74, 6) is 1.86. The molecule has 0 atom stereocenters. The van der Waals surface area contributed by atoms with Gasteiger partial charge in [0.1, 0.15) is 12.4 Å². The third-order valence-electron chi connectivity index (χ3n) is 4.94. The minimum Gasteiger partial charge on any atom is -0.488 e. The third kappa shape index (κ3) is 2.55. The molecule has 0 unspecified atom stereocenters. The molecule has 0 radical (unpaired) electrons. The normalized spacial score (nSPS) is 17.4. The standard InChI is InChI=1S/C19H21NO2S/c1-12-6-8-20(9-7-12)19(21)16-10-14-11-22-15-5-3-4-13(2)17(15)18(14)23-16/h3-5,10,12H,6-9,11H2,1-2H3. The number of piperidine rings is 1. The van der Waals surface area contributed by atoms with Crippen LogP contribution in [0.5, 0.6) is 5.75 Å². The minimum atomic E-state index is 0.187. The lowest BCUT2D eigenvalue weighted by molar-refractivity contribution is 0.0702. The van der Waals surface area contributed by atoms with Gasteiger partial charge >= 0.3 is 0 Å². The Labute approximate surface area is 140 Å². The SMILES string of the molecule is Cc1cccc2c1-c1sc(C(=O)N3CCC(C)CC3)cc1CO2. The molecule has 0 spiro atoms. The molecule has 1 aromatic heterocycles. The van der Waals surface area contributed by atoms with Gasteiger partial charge in [-0.2, -0.15) is 0 Å². The van der Waals surface area contributed by atoms with Gasteiger partial charge in [-0.1, -0.05) is 19.1 Å². The first kappa shape index (κ1) is 14.8. The van der Waals surface area contributed by atoms with Crippen LogP contribution in [0.4, 0.5) is 0 Å². The Kier molecular flexibility index (Phi) is 3.64. The van der Waals surface area contributed by atoms with Gasteiger partial charge in [0.05, 0.1) is 4.88 Å². The Morgan fingerprint density at radius 1 is 1.30 bits per heavy atom. The van der Waals surface area contributed by atoms with Gasteiger partial charge in [-0.05, 0) is 43.4 Å². The molecule has 2 aliphatic heterocycles. The van der Waals surface area contributed by atoms with Crippen LogP contribution in [0.3, 0.4) is 0 Å². The van der Waals surface area contributed by atoms with Crippen molar-refractivity contribution in [3.63, 3.8) is 0 Å². The van der Waals surface area contributed by atoms with E-state index in [1.165, 1.54) is 10.4 Å². The van der Waals surface area contributed by atoms with Gasteiger partial charge in [-0.15, -0.1) is 11.3 Å². The maximum Gasteiger partial charge on any atom is 0.263 e. The molecule has 4 rings (SSSR count). The minimum absolute atomic E-state index is 0.187. The lowest BCUT2D eigenvalue weighted by Gasteiger charge is -2.29. The van der Waals surface area contributed by atoms with E-state index >= 15 is 0 Å². The highest BCUT2D eigenvalue weighted by Crippen LogP contribution is 2.44. The molecule has 1 fully saturated rings. The molecular weight excluding hydrogens is 306 g/mol. The van der Waals surface area contributed by atoms with E-state index in [0.29, 0.717) is 6.61 Å². The fourth-order valence-electron chi connectivity index (χ4n) is 3.43. The van der Waals surface area contributed by atoms with Crippen molar-refractivity contribution in [3.05, 3.63) is 40.3 Å². The summed E-state index contributed by atoms with van der Waals surface area (Å²) in [4.78, 5) is 16.9. The predicted molar refractivity (Wildman–Crippen MR) is 93.1 cm³/mol. The van der Waals surface area contributed by atoms with Crippen molar-refractivity contribution in [1.29, 1.82) is 0 Å². The molecule has 0 bridgehead atoms. The summed E-state index contributed by atoms with van der Waals surface area (Å²) >= 11 is 1.62. The Morgan fingerprint density at radius 2 is 2.09 bits per heavy atom. The summed E-state index contributed by atoms with van der Waals surface area (Å²) in [6.45, 7) is 6.70. The smallest absolute Gasteiger partial charge is 0.263 e. The molecule has 0 N–H and O–H groups in total. The molecule has 23 heavy (non-hydrogen) atoms. The summed E-state index contributed by atoms with van der Waals surface area (Å²) in [5, 5.41) is 0. The maximum absolute atomic E-state index is 12.8. The quantitative estimate of drug-likeness (QED) is 0.772. The summed E-state index contributed by atoms with van der Waals surface area (Å²) in [5.41, 5.74) is 3.51. The molecule has 1 aromatic carbocycles. The van der Waals surface area contributed by atoms with E-state index in [0.717, 1.165) is 53.6 Å². The largest absolute Gasteiger partial charge is 0.488 e. The first-order valence-corrected chi connectivity index (χ1v) is 9.10. The van der Waals surface area contributed by atoms with Gasteiger partial charge in [-0.25, -0.2) is 0 Å². The molecule has 0 aliphatic carbocycles. The van der Waals surface area contributed by atoms with Crippen molar-refractivity contribution in [2.75, 3.05) is 13.1 Å². The summed E-state index contributed by atoms with van der Waals surface area (Å²) in [6, 6.07) is 8.17. The topological polar surface area (TPSA) is 29.5 Å². The number of hydrogen-bond donors (Lipinski definition) is 0. The van der Waals surface area contributed by atoms with Crippen LogP contribution in [0.25, 0.3) is 10.4 Å². The van der Waals surface area contributed by atoms with Gasteiger partial charge in [0.15, 0.2) is 0 Å². The Bertz CT molecular complexity index is 757. The van der Waals surface area contributed by atoms with Crippen LogP contribution in [0.15, 0.2) is 24.3 Å². The van der Waals surface area contributed by atoms with Crippen LogP contribution in [0.2, 0.25) is 0 Å². The van der Waals surface area contributed by atoms with Crippen LogP contribution < -0.4 is 4.74 Å². The molecule has 3 nitrogen and oxygen atoms in total. The van der Waals surface area contributed by atoms with Crippen molar-refractivity contribution in [3.8, 4) is 16.2 Å². The number of carbonyl (C=O) groups is 1. The van der Waals surface area contributed by atoms with E-state index in [-0.39, 0.29) is 5.91 Å². The fraction of sp³-hybridized carbons (Fsp3) is 0.421. The molecular formula is C19H21NO2S. The van der Waals surface area contributed by atoms with Crippen molar-refractivity contribution in [1.82, 2.24) is 4.90 Å². The number of ether oxygens (including phenoxy) is 1. The van der Waals surface area contributed by atoms with Gasteiger partial charge < -0.3 is 9.64 Å². The van der Waals surface area contributed by atoms with Crippen molar-refractivity contribution in [2.45, 2.75) is 33.3 Å². The number of nitrogens with zero attached hydrogens (tertiary/aromatic N) is 1. The Hall–Kier alpha value is -1.81. The van der Waals surface area contributed by atoms with Gasteiger partial charge in [0, 0.05) is 29.1 Å². The van der Waals surface area contributed by atoms with Crippen molar-refractivity contribution < 1.29 is 9.53 Å². The lowest BCUT2D eigenvalue weighted by Crippen LogP contribution is -2.37. The monoisotopic (exact) mass is 327 g/mol. The van der Waals surface area contributed by atoms with E-state index in [9.17, 15) is 4.79 Å². The van der Waals surface area contributed by atoms with Crippen LogP contribution >= 0.6 is 11.3 Å². The number of hydrogen-bond acceptors (Lipinski definition) is 3. The number of aryl methyl sites for hydroxylation is 1. The zero-order chi connectivity index (χ0) is 16.0. The fourth-order valence-corrected chi connectivity index (χ4v) is 4.68. The van der Waals surface area contributed by atoms with Crippen LogP contribution in [-0.2, 0) is 6.61 Å². The first-order chi connectivity index (χ1) is 11.1. The van der Waals surface area contributed by atoms with E-state index in [1.54, 1.807) is 11.3 Å². The number of rotatable bonds is 1. The third-order valence-corrected chi connectivity index (χ3v) is 6.12. The van der Waals surface area contributed by atoms with Crippen LogP contribution in [0.1, 0.15) is 40.6 Å². The molecule has 2 aromatic rings. The van der Waals surface area contributed by atoms with E-state index in [1.807, 2.05) is 23.1 Å². The zero-order valence-electron chi connectivity index (χ0n) is 13.6. The number of benzene rings is 1. The molecule has 1 saturated heterocycles. The van der Waals surface area contributed by atoms with E-state index in [4.69, 9.17) is 4.74 Å². The number of carbonyl (C=O) groups excluding carboxylic acids is 1.